The maximum absolute atomic E-state index is 13.7. The van der Waals surface area contributed by atoms with Crippen molar-refractivity contribution in [1.82, 2.24) is 5.32 Å². The fraction of sp³-hybridized carbons (Fsp3) is 0.533. The third kappa shape index (κ3) is 4.81. The van der Waals surface area contributed by atoms with Gasteiger partial charge < -0.3 is 14.8 Å². The summed E-state index contributed by atoms with van der Waals surface area (Å²) in [7, 11) is 3.09. The van der Waals surface area contributed by atoms with Gasteiger partial charge in [0.05, 0.1) is 12.7 Å². The Balaban J connectivity index is 2.63. The molecule has 5 heteroatoms. The SMILES string of the molecule is COCCC(C)(C)CNC(=O)c1ccc(OC)cc1F. The molecule has 0 aliphatic heterocycles. The summed E-state index contributed by atoms with van der Waals surface area (Å²) in [5, 5.41) is 2.75. The highest BCUT2D eigenvalue weighted by molar-refractivity contribution is 5.94. The summed E-state index contributed by atoms with van der Waals surface area (Å²) < 4.78 is 23.7. The number of carbonyl (C=O) groups excluding carboxylic acids is 1. The van der Waals surface area contributed by atoms with Crippen LogP contribution in [-0.2, 0) is 4.74 Å². The van der Waals surface area contributed by atoms with Crippen LogP contribution in [0.5, 0.6) is 5.75 Å². The number of ether oxygens (including phenoxy) is 2. The highest BCUT2D eigenvalue weighted by Gasteiger charge is 2.20. The van der Waals surface area contributed by atoms with Crippen LogP contribution >= 0.6 is 0 Å². The topological polar surface area (TPSA) is 47.6 Å². The van der Waals surface area contributed by atoms with E-state index in [0.717, 1.165) is 6.42 Å². The normalized spacial score (nSPS) is 11.2. The van der Waals surface area contributed by atoms with Crippen LogP contribution in [0, 0.1) is 11.2 Å². The minimum atomic E-state index is -0.587. The van der Waals surface area contributed by atoms with Gasteiger partial charge in [0.1, 0.15) is 11.6 Å². The van der Waals surface area contributed by atoms with Gasteiger partial charge in [0.25, 0.3) is 5.91 Å². The molecular formula is C15H22FNO3. The first kappa shape index (κ1) is 16.4. The molecule has 0 aromatic heterocycles. The Kier molecular flexibility index (Phi) is 5.95. The number of methoxy groups -OCH3 is 2. The van der Waals surface area contributed by atoms with Crippen molar-refractivity contribution in [2.45, 2.75) is 20.3 Å². The summed E-state index contributed by atoms with van der Waals surface area (Å²) in [5.41, 5.74) is -0.0810. The van der Waals surface area contributed by atoms with Crippen molar-refractivity contribution in [1.29, 1.82) is 0 Å². The van der Waals surface area contributed by atoms with Crippen molar-refractivity contribution in [2.24, 2.45) is 5.41 Å². The predicted octanol–water partition coefficient (Wildman–Crippen LogP) is 2.63. The highest BCUT2D eigenvalue weighted by atomic mass is 19.1. The molecule has 1 amide bonds. The maximum atomic E-state index is 13.7. The molecule has 0 aliphatic carbocycles. The van der Waals surface area contributed by atoms with Gasteiger partial charge in [0.2, 0.25) is 0 Å². The number of hydrogen-bond donors (Lipinski definition) is 1. The number of benzene rings is 1. The second-order valence-electron chi connectivity index (χ2n) is 5.44. The summed E-state index contributed by atoms with van der Waals surface area (Å²) in [6, 6.07) is 4.19. The minimum Gasteiger partial charge on any atom is -0.497 e. The van der Waals surface area contributed by atoms with Crippen molar-refractivity contribution in [3.63, 3.8) is 0 Å². The summed E-state index contributed by atoms with van der Waals surface area (Å²) >= 11 is 0. The Morgan fingerprint density at radius 2 is 2.05 bits per heavy atom. The number of rotatable bonds is 7. The van der Waals surface area contributed by atoms with Gasteiger partial charge >= 0.3 is 0 Å². The van der Waals surface area contributed by atoms with Crippen molar-refractivity contribution in [3.8, 4) is 5.75 Å². The first-order valence-corrected chi connectivity index (χ1v) is 6.50. The quantitative estimate of drug-likeness (QED) is 0.837. The number of halogens is 1. The van der Waals surface area contributed by atoms with Crippen LogP contribution < -0.4 is 10.1 Å². The van der Waals surface area contributed by atoms with Crippen molar-refractivity contribution in [2.75, 3.05) is 27.4 Å². The van der Waals surface area contributed by atoms with Crippen LogP contribution in [0.2, 0.25) is 0 Å². The average Bonchev–Trinajstić information content (AvgIpc) is 2.42. The lowest BCUT2D eigenvalue weighted by molar-refractivity contribution is 0.0917. The van der Waals surface area contributed by atoms with Crippen molar-refractivity contribution >= 4 is 5.91 Å². The second kappa shape index (κ2) is 7.24. The number of hydrogen-bond acceptors (Lipinski definition) is 3. The van der Waals surface area contributed by atoms with Crippen LogP contribution in [0.4, 0.5) is 4.39 Å². The van der Waals surface area contributed by atoms with Gasteiger partial charge in [-0.3, -0.25) is 4.79 Å². The molecule has 4 nitrogen and oxygen atoms in total. The molecule has 0 radical (unpaired) electrons. The molecule has 0 aliphatic rings. The van der Waals surface area contributed by atoms with Gasteiger partial charge in [-0.15, -0.1) is 0 Å². The van der Waals surface area contributed by atoms with Crippen molar-refractivity contribution in [3.05, 3.63) is 29.6 Å². The molecule has 0 saturated carbocycles. The molecule has 1 aromatic rings. The Morgan fingerprint density at radius 1 is 1.35 bits per heavy atom. The average molecular weight is 283 g/mol. The van der Waals surface area contributed by atoms with Crippen LogP contribution in [-0.4, -0.2) is 33.3 Å². The van der Waals surface area contributed by atoms with E-state index in [1.165, 1.54) is 19.2 Å². The van der Waals surface area contributed by atoms with E-state index in [2.05, 4.69) is 5.32 Å². The molecule has 0 heterocycles. The van der Waals surface area contributed by atoms with Crippen LogP contribution in [0.25, 0.3) is 0 Å². The summed E-state index contributed by atoms with van der Waals surface area (Å²) in [6.45, 7) is 5.13. The van der Waals surface area contributed by atoms with Crippen LogP contribution in [0.15, 0.2) is 18.2 Å². The fourth-order valence-corrected chi connectivity index (χ4v) is 1.69. The zero-order chi connectivity index (χ0) is 15.2. The summed E-state index contributed by atoms with van der Waals surface area (Å²) in [6.07, 6.45) is 0.814. The molecular weight excluding hydrogens is 261 g/mol. The van der Waals surface area contributed by atoms with E-state index in [0.29, 0.717) is 18.9 Å². The number of nitrogens with one attached hydrogen (secondary N) is 1. The van der Waals surface area contributed by atoms with Gasteiger partial charge in [-0.25, -0.2) is 4.39 Å². The number of carbonyl (C=O) groups is 1. The lowest BCUT2D eigenvalue weighted by Gasteiger charge is -2.24. The molecule has 0 saturated heterocycles. The second-order valence-corrected chi connectivity index (χ2v) is 5.44. The molecule has 0 spiro atoms. The van der Waals surface area contributed by atoms with Gasteiger partial charge in [0, 0.05) is 26.3 Å². The first-order chi connectivity index (χ1) is 9.39. The lowest BCUT2D eigenvalue weighted by Crippen LogP contribution is -2.35. The van der Waals surface area contributed by atoms with Crippen LogP contribution in [0.1, 0.15) is 30.6 Å². The van der Waals surface area contributed by atoms with E-state index < -0.39 is 11.7 Å². The largest absolute Gasteiger partial charge is 0.497 e. The highest BCUT2D eigenvalue weighted by Crippen LogP contribution is 2.20. The third-order valence-corrected chi connectivity index (χ3v) is 3.13. The molecule has 1 N–H and O–H groups in total. The Labute approximate surface area is 119 Å². The molecule has 0 fully saturated rings. The van der Waals surface area contributed by atoms with E-state index in [9.17, 15) is 9.18 Å². The summed E-state index contributed by atoms with van der Waals surface area (Å²) in [4.78, 5) is 12.0. The standard InChI is InChI=1S/C15H22FNO3/c1-15(2,7-8-19-3)10-17-14(18)12-6-5-11(20-4)9-13(12)16/h5-6,9H,7-8,10H2,1-4H3,(H,17,18). The molecule has 112 valence electrons. The third-order valence-electron chi connectivity index (χ3n) is 3.13. The van der Waals surface area contributed by atoms with Gasteiger partial charge in [-0.05, 0) is 24.0 Å². The molecule has 20 heavy (non-hydrogen) atoms. The first-order valence-electron chi connectivity index (χ1n) is 6.50. The monoisotopic (exact) mass is 283 g/mol. The van der Waals surface area contributed by atoms with E-state index in [1.54, 1.807) is 13.2 Å². The Hall–Kier alpha value is -1.62. The fourth-order valence-electron chi connectivity index (χ4n) is 1.69. The van der Waals surface area contributed by atoms with Gasteiger partial charge in [0.15, 0.2) is 0 Å². The molecule has 0 bridgehead atoms. The molecule has 0 atom stereocenters. The lowest BCUT2D eigenvalue weighted by atomic mass is 9.89. The van der Waals surface area contributed by atoms with E-state index in [4.69, 9.17) is 9.47 Å². The van der Waals surface area contributed by atoms with E-state index in [1.807, 2.05) is 13.8 Å². The van der Waals surface area contributed by atoms with Gasteiger partial charge in [-0.1, -0.05) is 13.8 Å². The maximum Gasteiger partial charge on any atom is 0.254 e. The Morgan fingerprint density at radius 3 is 2.60 bits per heavy atom. The smallest absolute Gasteiger partial charge is 0.254 e. The van der Waals surface area contributed by atoms with Crippen LogP contribution in [0.3, 0.4) is 0 Å². The molecule has 1 rings (SSSR count). The van der Waals surface area contributed by atoms with Gasteiger partial charge in [-0.2, -0.15) is 0 Å². The van der Waals surface area contributed by atoms with Crippen molar-refractivity contribution < 1.29 is 18.7 Å². The van der Waals surface area contributed by atoms with E-state index in [-0.39, 0.29) is 11.0 Å². The molecule has 0 unspecified atom stereocenters. The predicted molar refractivity (Wildman–Crippen MR) is 75.6 cm³/mol. The molecule has 1 aromatic carbocycles. The summed E-state index contributed by atoms with van der Waals surface area (Å²) in [5.74, 6) is -0.619. The number of amides is 1. The zero-order valence-electron chi connectivity index (χ0n) is 12.5. The zero-order valence-corrected chi connectivity index (χ0v) is 12.5. The van der Waals surface area contributed by atoms with E-state index >= 15 is 0 Å². The minimum absolute atomic E-state index is 0.0216. The Bertz CT molecular complexity index is 460.